The van der Waals surface area contributed by atoms with Crippen LogP contribution < -0.4 is 5.32 Å². The molecule has 0 amide bonds. The Labute approximate surface area is 80.1 Å². The summed E-state index contributed by atoms with van der Waals surface area (Å²) in [4.78, 5) is 0. The van der Waals surface area contributed by atoms with Crippen LogP contribution in [0.25, 0.3) is 0 Å². The van der Waals surface area contributed by atoms with Crippen LogP contribution in [0.3, 0.4) is 0 Å². The second-order valence-electron chi connectivity index (χ2n) is 3.95. The molecule has 1 N–H and O–H groups in total. The molecular formula is C11H18FN. The molecule has 0 spiro atoms. The molecule has 0 aromatic carbocycles. The minimum Gasteiger partial charge on any atom is -0.316 e. The molecule has 0 aromatic heterocycles. The number of halogens is 1. The molecule has 1 fully saturated rings. The van der Waals surface area contributed by atoms with Crippen molar-refractivity contribution in [3.8, 4) is 12.3 Å². The van der Waals surface area contributed by atoms with E-state index in [1.165, 1.54) is 0 Å². The molecule has 1 heterocycles. The summed E-state index contributed by atoms with van der Waals surface area (Å²) < 4.78 is 14.2. The van der Waals surface area contributed by atoms with Gasteiger partial charge in [-0.3, -0.25) is 0 Å². The summed E-state index contributed by atoms with van der Waals surface area (Å²) in [6, 6.07) is 0. The molecule has 0 aromatic rings. The monoisotopic (exact) mass is 183 g/mol. The second kappa shape index (κ2) is 4.62. The van der Waals surface area contributed by atoms with Gasteiger partial charge in [0.05, 0.1) is 0 Å². The number of unbranched alkanes of at least 4 members (excludes halogenated alkanes) is 1. The third-order valence-corrected chi connectivity index (χ3v) is 2.96. The quantitative estimate of drug-likeness (QED) is 0.522. The van der Waals surface area contributed by atoms with Crippen LogP contribution in [0.4, 0.5) is 4.39 Å². The Morgan fingerprint density at radius 2 is 2.46 bits per heavy atom. The van der Waals surface area contributed by atoms with Crippen molar-refractivity contribution in [2.45, 2.75) is 38.3 Å². The summed E-state index contributed by atoms with van der Waals surface area (Å²) in [7, 11) is 0. The first-order valence-corrected chi connectivity index (χ1v) is 5.02. The van der Waals surface area contributed by atoms with E-state index in [1.807, 2.05) is 6.92 Å². The van der Waals surface area contributed by atoms with Crippen LogP contribution in [0.1, 0.15) is 32.6 Å². The zero-order chi connectivity index (χ0) is 9.73. The van der Waals surface area contributed by atoms with Crippen LogP contribution in [0.15, 0.2) is 0 Å². The molecule has 1 aliphatic rings. The van der Waals surface area contributed by atoms with E-state index in [4.69, 9.17) is 6.42 Å². The number of terminal acetylenes is 1. The van der Waals surface area contributed by atoms with Crippen LogP contribution in [-0.2, 0) is 0 Å². The smallest absolute Gasteiger partial charge is 0.116 e. The van der Waals surface area contributed by atoms with E-state index in [9.17, 15) is 4.39 Å². The van der Waals surface area contributed by atoms with Crippen LogP contribution in [0.2, 0.25) is 0 Å². The minimum absolute atomic E-state index is 0.124. The third-order valence-electron chi connectivity index (χ3n) is 2.96. The molecule has 1 rings (SSSR count). The first-order valence-electron chi connectivity index (χ1n) is 5.02. The summed E-state index contributed by atoms with van der Waals surface area (Å²) in [5, 5.41) is 3.20. The molecule has 0 bridgehead atoms. The maximum atomic E-state index is 14.2. The number of hydrogen-bond donors (Lipinski definition) is 1. The van der Waals surface area contributed by atoms with Crippen LogP contribution >= 0.6 is 0 Å². The van der Waals surface area contributed by atoms with E-state index >= 15 is 0 Å². The maximum absolute atomic E-state index is 14.2. The van der Waals surface area contributed by atoms with E-state index < -0.39 is 5.67 Å². The van der Waals surface area contributed by atoms with Gasteiger partial charge in [-0.15, -0.1) is 12.3 Å². The second-order valence-corrected chi connectivity index (χ2v) is 3.95. The van der Waals surface area contributed by atoms with Gasteiger partial charge < -0.3 is 5.32 Å². The number of alkyl halides is 1. The maximum Gasteiger partial charge on any atom is 0.116 e. The van der Waals surface area contributed by atoms with Crippen molar-refractivity contribution < 1.29 is 4.39 Å². The van der Waals surface area contributed by atoms with Crippen molar-refractivity contribution in [3.05, 3.63) is 0 Å². The highest BCUT2D eigenvalue weighted by atomic mass is 19.1. The van der Waals surface area contributed by atoms with Crippen molar-refractivity contribution in [2.75, 3.05) is 13.1 Å². The lowest BCUT2D eigenvalue weighted by Crippen LogP contribution is -2.45. The van der Waals surface area contributed by atoms with E-state index in [-0.39, 0.29) is 5.92 Å². The highest BCUT2D eigenvalue weighted by Gasteiger charge is 2.37. The summed E-state index contributed by atoms with van der Waals surface area (Å²) in [5.41, 5.74) is -0.970. The van der Waals surface area contributed by atoms with Gasteiger partial charge in [-0.05, 0) is 25.8 Å². The molecule has 0 radical (unpaired) electrons. The van der Waals surface area contributed by atoms with Crippen molar-refractivity contribution in [1.29, 1.82) is 0 Å². The number of piperidine rings is 1. The predicted molar refractivity (Wildman–Crippen MR) is 53.2 cm³/mol. The molecule has 2 heteroatoms. The Hall–Kier alpha value is -0.550. The molecule has 0 saturated carbocycles. The van der Waals surface area contributed by atoms with E-state index in [2.05, 4.69) is 11.2 Å². The van der Waals surface area contributed by atoms with Gasteiger partial charge in [-0.25, -0.2) is 4.39 Å². The molecule has 2 atom stereocenters. The summed E-state index contributed by atoms with van der Waals surface area (Å²) in [6.45, 7) is 3.57. The highest BCUT2D eigenvalue weighted by Crippen LogP contribution is 2.33. The van der Waals surface area contributed by atoms with Gasteiger partial charge in [-0.1, -0.05) is 6.92 Å². The molecular weight excluding hydrogens is 165 g/mol. The largest absolute Gasteiger partial charge is 0.316 e. The number of nitrogens with one attached hydrogen (secondary N) is 1. The molecule has 1 aliphatic heterocycles. The van der Waals surface area contributed by atoms with Crippen molar-refractivity contribution >= 4 is 0 Å². The normalized spacial score (nSPS) is 34.1. The first-order chi connectivity index (χ1) is 6.19. The SMILES string of the molecule is C#CCCCC1(F)CCNCC1C. The fourth-order valence-electron chi connectivity index (χ4n) is 1.90. The minimum atomic E-state index is -0.970. The van der Waals surface area contributed by atoms with Crippen molar-refractivity contribution in [1.82, 2.24) is 5.32 Å². The van der Waals surface area contributed by atoms with Crippen LogP contribution in [0.5, 0.6) is 0 Å². The van der Waals surface area contributed by atoms with E-state index in [0.717, 1.165) is 19.5 Å². The van der Waals surface area contributed by atoms with Gasteiger partial charge >= 0.3 is 0 Å². The predicted octanol–water partition coefficient (Wildman–Crippen LogP) is 2.13. The molecule has 1 nitrogen and oxygen atoms in total. The Balaban J connectivity index is 2.38. The summed E-state index contributed by atoms with van der Waals surface area (Å²) >= 11 is 0. The highest BCUT2D eigenvalue weighted by molar-refractivity contribution is 4.92. The standard InChI is InChI=1S/C11H18FN/c1-3-4-5-6-11(12)7-8-13-9-10(11)2/h1,10,13H,4-9H2,2H3. The van der Waals surface area contributed by atoms with Gasteiger partial charge in [0, 0.05) is 18.9 Å². The first kappa shape index (κ1) is 10.5. The zero-order valence-electron chi connectivity index (χ0n) is 8.28. The van der Waals surface area contributed by atoms with E-state index in [1.54, 1.807) is 0 Å². The van der Waals surface area contributed by atoms with Crippen LogP contribution in [-0.4, -0.2) is 18.8 Å². The fraction of sp³-hybridized carbons (Fsp3) is 0.818. The Kier molecular flexibility index (Phi) is 3.74. The Morgan fingerprint density at radius 3 is 3.08 bits per heavy atom. The number of rotatable bonds is 3. The van der Waals surface area contributed by atoms with Crippen LogP contribution in [0, 0.1) is 18.3 Å². The van der Waals surface area contributed by atoms with Crippen molar-refractivity contribution in [2.24, 2.45) is 5.92 Å². The Morgan fingerprint density at radius 1 is 1.69 bits per heavy atom. The topological polar surface area (TPSA) is 12.0 Å². The van der Waals surface area contributed by atoms with Gasteiger partial charge in [0.2, 0.25) is 0 Å². The lowest BCUT2D eigenvalue weighted by atomic mass is 9.81. The van der Waals surface area contributed by atoms with Gasteiger partial charge in [0.25, 0.3) is 0 Å². The summed E-state index contributed by atoms with van der Waals surface area (Å²) in [5.74, 6) is 2.68. The Bertz CT molecular complexity index is 197. The fourth-order valence-corrected chi connectivity index (χ4v) is 1.90. The lowest BCUT2D eigenvalue weighted by Gasteiger charge is -2.36. The average molecular weight is 183 g/mol. The van der Waals surface area contributed by atoms with E-state index in [0.29, 0.717) is 19.3 Å². The molecule has 13 heavy (non-hydrogen) atoms. The average Bonchev–Trinajstić information content (AvgIpc) is 2.11. The zero-order valence-corrected chi connectivity index (χ0v) is 8.28. The summed E-state index contributed by atoms with van der Waals surface area (Å²) in [6.07, 6.45) is 7.92. The number of hydrogen-bond acceptors (Lipinski definition) is 1. The molecule has 2 unspecified atom stereocenters. The molecule has 74 valence electrons. The van der Waals surface area contributed by atoms with Gasteiger partial charge in [0.15, 0.2) is 0 Å². The lowest BCUT2D eigenvalue weighted by molar-refractivity contribution is 0.0471. The van der Waals surface area contributed by atoms with Gasteiger partial charge in [0.1, 0.15) is 5.67 Å². The third kappa shape index (κ3) is 2.70. The van der Waals surface area contributed by atoms with Crippen molar-refractivity contribution in [3.63, 3.8) is 0 Å². The van der Waals surface area contributed by atoms with Gasteiger partial charge in [-0.2, -0.15) is 0 Å². The molecule has 0 aliphatic carbocycles. The molecule has 1 saturated heterocycles.